The Labute approximate surface area is 205 Å². The van der Waals surface area contributed by atoms with Crippen LogP contribution in [0.1, 0.15) is 67.2 Å². The molecule has 3 aromatic rings. The van der Waals surface area contributed by atoms with Crippen molar-refractivity contribution in [2.75, 3.05) is 11.9 Å². The number of ether oxygens (including phenoxy) is 1. The largest absolute Gasteiger partial charge is 0.478 e. The van der Waals surface area contributed by atoms with E-state index in [2.05, 4.69) is 22.5 Å². The lowest BCUT2D eigenvalue weighted by atomic mass is 10.1. The van der Waals surface area contributed by atoms with E-state index in [1.807, 2.05) is 23.7 Å². The first-order valence-electron chi connectivity index (χ1n) is 11.9. The molecule has 0 saturated heterocycles. The van der Waals surface area contributed by atoms with Gasteiger partial charge in [0.15, 0.2) is 0 Å². The lowest BCUT2D eigenvalue weighted by Crippen LogP contribution is -2.31. The average Bonchev–Trinajstić information content (AvgIpc) is 3.17. The summed E-state index contributed by atoms with van der Waals surface area (Å²) in [6, 6.07) is 12.0. The van der Waals surface area contributed by atoms with Crippen LogP contribution in [-0.4, -0.2) is 39.2 Å². The summed E-state index contributed by atoms with van der Waals surface area (Å²) >= 11 is 0. The normalized spacial score (nSPS) is 10.8. The molecule has 0 atom stereocenters. The third-order valence-electron chi connectivity index (χ3n) is 5.80. The van der Waals surface area contributed by atoms with Gasteiger partial charge in [-0.2, -0.15) is 0 Å². The first kappa shape index (κ1) is 25.7. The van der Waals surface area contributed by atoms with E-state index in [1.54, 1.807) is 30.3 Å². The van der Waals surface area contributed by atoms with Crippen LogP contribution >= 0.6 is 0 Å². The Morgan fingerprint density at radius 2 is 1.71 bits per heavy atom. The number of nitrogens with zero attached hydrogens (tertiary/aromatic N) is 2. The van der Waals surface area contributed by atoms with Crippen molar-refractivity contribution in [3.63, 3.8) is 0 Å². The van der Waals surface area contributed by atoms with Gasteiger partial charge in [-0.3, -0.25) is 10.7 Å². The van der Waals surface area contributed by atoms with E-state index >= 15 is 0 Å². The molecule has 1 aromatic heterocycles. The first-order valence-corrected chi connectivity index (χ1v) is 11.9. The van der Waals surface area contributed by atoms with Gasteiger partial charge in [0, 0.05) is 18.3 Å². The number of fused-ring (bicyclic) bond motifs is 1. The van der Waals surface area contributed by atoms with Crippen molar-refractivity contribution in [2.45, 2.75) is 52.0 Å². The monoisotopic (exact) mass is 479 g/mol. The van der Waals surface area contributed by atoms with Gasteiger partial charge in [0.05, 0.1) is 29.7 Å². The van der Waals surface area contributed by atoms with Crippen LogP contribution in [0.2, 0.25) is 0 Å². The van der Waals surface area contributed by atoms with Crippen molar-refractivity contribution in [3.05, 3.63) is 59.4 Å². The second kappa shape index (κ2) is 12.5. The van der Waals surface area contributed by atoms with Gasteiger partial charge < -0.3 is 19.7 Å². The Morgan fingerprint density at radius 1 is 1.03 bits per heavy atom. The first-order chi connectivity index (χ1) is 16.9. The third-order valence-corrected chi connectivity index (χ3v) is 5.80. The topological polar surface area (TPSA) is 129 Å². The van der Waals surface area contributed by atoms with E-state index in [9.17, 15) is 14.7 Å². The Bertz CT molecular complexity index is 1170. The number of amides is 1. The zero-order valence-corrected chi connectivity index (χ0v) is 20.3. The minimum Gasteiger partial charge on any atom is -0.478 e. The third kappa shape index (κ3) is 7.30. The molecule has 0 unspecified atom stereocenters. The fourth-order valence-electron chi connectivity index (χ4n) is 3.73. The molecule has 0 fully saturated rings. The standard InChI is InChI=1S/C26H33N5O4/c1-3-4-5-6-7-8-15-35-26(34)30-24(27)18-9-12-20(13-10-18)28-17-23-29-21-16-19(25(32)33)11-14-22(21)31(23)2/h9-14,16,28H,3-8,15,17H2,1-2H3,(H,32,33)(H2,27,30,34). The number of carboxylic acids is 1. The Balaban J connectivity index is 1.46. The van der Waals surface area contributed by atoms with Gasteiger partial charge in [0.1, 0.15) is 11.7 Å². The van der Waals surface area contributed by atoms with E-state index in [1.165, 1.54) is 19.3 Å². The number of alkyl carbamates (subject to hydrolysis) is 1. The zero-order valence-electron chi connectivity index (χ0n) is 20.3. The maximum Gasteiger partial charge on any atom is 0.412 e. The van der Waals surface area contributed by atoms with Crippen LogP contribution in [0.15, 0.2) is 42.5 Å². The molecular formula is C26H33N5O4. The quantitative estimate of drug-likeness (QED) is 0.159. The van der Waals surface area contributed by atoms with Gasteiger partial charge >= 0.3 is 12.1 Å². The number of carboxylic acid groups (broad SMARTS) is 1. The molecule has 0 saturated carbocycles. The van der Waals surface area contributed by atoms with Crippen molar-refractivity contribution in [1.82, 2.24) is 14.9 Å². The van der Waals surface area contributed by atoms with Crippen molar-refractivity contribution < 1.29 is 19.4 Å². The minimum absolute atomic E-state index is 0.0194. The average molecular weight is 480 g/mol. The highest BCUT2D eigenvalue weighted by Gasteiger charge is 2.11. The van der Waals surface area contributed by atoms with Gasteiger partial charge in [-0.05, 0) is 48.9 Å². The Hall–Kier alpha value is -3.88. The van der Waals surface area contributed by atoms with Gasteiger partial charge in [0.25, 0.3) is 0 Å². The van der Waals surface area contributed by atoms with Gasteiger partial charge in [0.2, 0.25) is 0 Å². The van der Waals surface area contributed by atoms with Crippen LogP contribution in [0.25, 0.3) is 11.0 Å². The highest BCUT2D eigenvalue weighted by atomic mass is 16.5. The van der Waals surface area contributed by atoms with Gasteiger partial charge in [-0.15, -0.1) is 0 Å². The van der Waals surface area contributed by atoms with Crippen molar-refractivity contribution >= 4 is 34.6 Å². The van der Waals surface area contributed by atoms with Crippen LogP contribution in [0.5, 0.6) is 0 Å². The molecule has 9 nitrogen and oxygen atoms in total. The van der Waals surface area contributed by atoms with Crippen LogP contribution in [0.4, 0.5) is 10.5 Å². The number of carbonyl (C=O) groups is 2. The summed E-state index contributed by atoms with van der Waals surface area (Å²) in [6.07, 6.45) is 6.06. The Morgan fingerprint density at radius 3 is 2.43 bits per heavy atom. The van der Waals surface area contributed by atoms with E-state index in [0.29, 0.717) is 24.2 Å². The smallest absolute Gasteiger partial charge is 0.412 e. The zero-order chi connectivity index (χ0) is 25.2. The molecule has 2 aromatic carbocycles. The number of benzene rings is 2. The SMILES string of the molecule is CCCCCCCCOC(=O)NC(=N)c1ccc(NCc2nc3cc(C(=O)O)ccc3n2C)cc1. The number of hydrogen-bond donors (Lipinski definition) is 4. The lowest BCUT2D eigenvalue weighted by Gasteiger charge is -2.10. The summed E-state index contributed by atoms with van der Waals surface area (Å²) in [4.78, 5) is 27.7. The molecule has 0 aliphatic carbocycles. The van der Waals surface area contributed by atoms with Crippen LogP contribution in [0, 0.1) is 5.41 Å². The Kier molecular flexibility index (Phi) is 9.23. The number of nitrogens with one attached hydrogen (secondary N) is 3. The molecule has 9 heteroatoms. The molecular weight excluding hydrogens is 446 g/mol. The molecule has 0 bridgehead atoms. The van der Waals surface area contributed by atoms with Crippen LogP contribution in [0.3, 0.4) is 0 Å². The van der Waals surface area contributed by atoms with Gasteiger partial charge in [-0.1, -0.05) is 39.0 Å². The van der Waals surface area contributed by atoms with Crippen molar-refractivity contribution in [2.24, 2.45) is 7.05 Å². The number of unbranched alkanes of at least 4 members (excludes halogenated alkanes) is 5. The summed E-state index contributed by atoms with van der Waals surface area (Å²) in [6.45, 7) is 2.97. The van der Waals surface area contributed by atoms with Crippen LogP contribution in [-0.2, 0) is 18.3 Å². The van der Waals surface area contributed by atoms with Crippen molar-refractivity contribution in [1.29, 1.82) is 5.41 Å². The van der Waals surface area contributed by atoms with E-state index in [4.69, 9.17) is 10.1 Å². The maximum atomic E-state index is 11.9. The molecule has 0 aliphatic rings. The second-order valence-corrected chi connectivity index (χ2v) is 8.43. The number of hydrogen-bond acceptors (Lipinski definition) is 6. The molecule has 0 radical (unpaired) electrons. The number of imidazole rings is 1. The molecule has 4 N–H and O–H groups in total. The molecule has 3 rings (SSSR count). The number of rotatable bonds is 12. The number of amidine groups is 1. The molecule has 0 spiro atoms. The van der Waals surface area contributed by atoms with E-state index < -0.39 is 12.1 Å². The highest BCUT2D eigenvalue weighted by molar-refractivity contribution is 6.04. The summed E-state index contributed by atoms with van der Waals surface area (Å²) < 4.78 is 7.08. The van der Waals surface area contributed by atoms with Gasteiger partial charge in [-0.25, -0.2) is 14.6 Å². The predicted molar refractivity (Wildman–Crippen MR) is 136 cm³/mol. The van der Waals surface area contributed by atoms with E-state index in [-0.39, 0.29) is 11.4 Å². The fraction of sp³-hybridized carbons (Fsp3) is 0.385. The molecule has 1 amide bonds. The number of aromatic carboxylic acids is 1. The summed E-state index contributed by atoms with van der Waals surface area (Å²) in [5.41, 5.74) is 3.07. The molecule has 186 valence electrons. The number of carbonyl (C=O) groups excluding carboxylic acids is 1. The highest BCUT2D eigenvalue weighted by Crippen LogP contribution is 2.18. The number of aromatic nitrogens is 2. The second-order valence-electron chi connectivity index (χ2n) is 8.43. The fourth-order valence-corrected chi connectivity index (χ4v) is 3.73. The molecule has 0 aliphatic heterocycles. The summed E-state index contributed by atoms with van der Waals surface area (Å²) in [7, 11) is 1.88. The predicted octanol–water partition coefficient (Wildman–Crippen LogP) is 5.30. The van der Waals surface area contributed by atoms with Crippen molar-refractivity contribution in [3.8, 4) is 0 Å². The minimum atomic E-state index is -0.983. The molecule has 1 heterocycles. The summed E-state index contributed by atoms with van der Waals surface area (Å²) in [5.74, 6) is -0.244. The lowest BCUT2D eigenvalue weighted by molar-refractivity contribution is 0.0697. The number of anilines is 1. The molecule has 35 heavy (non-hydrogen) atoms. The summed E-state index contributed by atoms with van der Waals surface area (Å²) in [5, 5.41) is 23.0. The maximum absolute atomic E-state index is 11.9. The van der Waals surface area contributed by atoms with Crippen LogP contribution < -0.4 is 10.6 Å². The number of aryl methyl sites for hydroxylation is 1. The van der Waals surface area contributed by atoms with E-state index in [0.717, 1.165) is 36.3 Å².